The molecule has 34 heavy (non-hydrogen) atoms. The van der Waals surface area contributed by atoms with Gasteiger partial charge in [-0.2, -0.15) is 0 Å². The van der Waals surface area contributed by atoms with Crippen LogP contribution in [0.1, 0.15) is 68.6 Å². The molecule has 0 bridgehead atoms. The van der Waals surface area contributed by atoms with Gasteiger partial charge in [0.2, 0.25) is 11.8 Å². The van der Waals surface area contributed by atoms with Gasteiger partial charge in [0.05, 0.1) is 17.7 Å². The van der Waals surface area contributed by atoms with Crippen LogP contribution in [-0.2, 0) is 14.3 Å². The maximum atomic E-state index is 13.0. The van der Waals surface area contributed by atoms with Gasteiger partial charge in [-0.1, -0.05) is 6.07 Å². The van der Waals surface area contributed by atoms with Crippen LogP contribution in [0.2, 0.25) is 0 Å². The highest BCUT2D eigenvalue weighted by molar-refractivity contribution is 6.06. The van der Waals surface area contributed by atoms with Gasteiger partial charge in [0.1, 0.15) is 17.4 Å². The fourth-order valence-corrected chi connectivity index (χ4v) is 4.59. The van der Waals surface area contributed by atoms with Crippen LogP contribution in [0.3, 0.4) is 0 Å². The molecule has 2 saturated heterocycles. The number of imide groups is 1. The minimum atomic E-state index is -1.34. The summed E-state index contributed by atoms with van der Waals surface area (Å²) in [5, 5.41) is 13.2. The summed E-state index contributed by atoms with van der Waals surface area (Å²) in [5.41, 5.74) is 0.0860. The summed E-state index contributed by atoms with van der Waals surface area (Å²) in [6.45, 7) is 7.03. The molecule has 0 radical (unpaired) electrons. The third-order valence-electron chi connectivity index (χ3n) is 6.34. The molecule has 0 spiro atoms. The second kappa shape index (κ2) is 9.25. The van der Waals surface area contributed by atoms with Gasteiger partial charge in [0.25, 0.3) is 5.91 Å². The van der Waals surface area contributed by atoms with E-state index in [9.17, 15) is 24.3 Å². The number of likely N-dealkylation sites (tertiary alicyclic amines) is 1. The van der Waals surface area contributed by atoms with E-state index in [-0.39, 0.29) is 36.3 Å². The van der Waals surface area contributed by atoms with Crippen molar-refractivity contribution < 1.29 is 33.8 Å². The van der Waals surface area contributed by atoms with Crippen molar-refractivity contribution in [3.63, 3.8) is 0 Å². The molecule has 4 rings (SSSR count). The average Bonchev–Trinajstić information content (AvgIpc) is 3.02. The molecule has 4 amide bonds. The van der Waals surface area contributed by atoms with Gasteiger partial charge in [-0.05, 0) is 58.1 Å². The number of hydrogen-bond acceptors (Lipinski definition) is 7. The van der Waals surface area contributed by atoms with Crippen molar-refractivity contribution in [3.8, 4) is 5.75 Å². The number of hydrogen-bond donors (Lipinski definition) is 2. The van der Waals surface area contributed by atoms with E-state index in [2.05, 4.69) is 5.32 Å². The minimum Gasteiger partial charge on any atom is -0.493 e. The zero-order valence-corrected chi connectivity index (χ0v) is 19.7. The molecule has 2 atom stereocenters. The summed E-state index contributed by atoms with van der Waals surface area (Å²) in [4.78, 5) is 51.8. The van der Waals surface area contributed by atoms with Crippen LogP contribution in [0, 0.1) is 5.92 Å². The molecule has 3 aliphatic heterocycles. The predicted octanol–water partition coefficient (Wildman–Crippen LogP) is 1.96. The van der Waals surface area contributed by atoms with Gasteiger partial charge < -0.3 is 19.5 Å². The first-order valence-electron chi connectivity index (χ1n) is 11.6. The number of fused-ring (bicyclic) bond motifs is 1. The number of piperidine rings is 2. The molecule has 2 unspecified atom stereocenters. The molecule has 1 aromatic carbocycles. The Bertz CT molecular complexity index is 995. The normalized spacial score (nSPS) is 23.6. The van der Waals surface area contributed by atoms with E-state index in [0.717, 1.165) is 17.7 Å². The standard InChI is InChI=1S/C24H31N3O7/c1-24(2,3)34-23(32)26-11-9-14(10-12-26)13-33-17-6-4-5-15-19(17)22(31)27(21(15)30)16-7-8-18(28)25-20(16)29/h4-6,14,16,22,31H,7-13H2,1-3H3,(H,25,28,29). The number of benzene rings is 1. The molecular formula is C24H31N3O7. The quantitative estimate of drug-likeness (QED) is 0.641. The van der Waals surface area contributed by atoms with Gasteiger partial charge in [-0.25, -0.2) is 4.79 Å². The lowest BCUT2D eigenvalue weighted by atomic mass is 9.98. The Morgan fingerprint density at radius 2 is 1.85 bits per heavy atom. The first-order valence-corrected chi connectivity index (χ1v) is 11.6. The number of nitrogens with zero attached hydrogens (tertiary/aromatic N) is 2. The summed E-state index contributed by atoms with van der Waals surface area (Å²) in [7, 11) is 0. The number of carbonyl (C=O) groups is 4. The second-order valence-electron chi connectivity index (χ2n) is 9.99. The van der Waals surface area contributed by atoms with E-state index in [0.29, 0.717) is 31.0 Å². The Morgan fingerprint density at radius 3 is 2.50 bits per heavy atom. The van der Waals surface area contributed by atoms with Gasteiger partial charge in [-0.3, -0.25) is 24.6 Å². The van der Waals surface area contributed by atoms with Crippen LogP contribution >= 0.6 is 0 Å². The number of nitrogens with one attached hydrogen (secondary N) is 1. The van der Waals surface area contributed by atoms with Crippen molar-refractivity contribution in [2.75, 3.05) is 19.7 Å². The lowest BCUT2D eigenvalue weighted by molar-refractivity contribution is -0.139. The lowest BCUT2D eigenvalue weighted by Crippen LogP contribution is -2.53. The molecule has 2 fully saturated rings. The second-order valence-corrected chi connectivity index (χ2v) is 9.99. The van der Waals surface area contributed by atoms with Crippen molar-refractivity contribution in [3.05, 3.63) is 29.3 Å². The predicted molar refractivity (Wildman–Crippen MR) is 120 cm³/mol. The molecule has 184 valence electrons. The van der Waals surface area contributed by atoms with Gasteiger partial charge in [0.15, 0.2) is 6.23 Å². The van der Waals surface area contributed by atoms with Crippen LogP contribution in [0.15, 0.2) is 18.2 Å². The van der Waals surface area contributed by atoms with E-state index >= 15 is 0 Å². The van der Waals surface area contributed by atoms with Crippen LogP contribution in [0.25, 0.3) is 0 Å². The highest BCUT2D eigenvalue weighted by Gasteiger charge is 2.45. The molecule has 10 heteroatoms. The van der Waals surface area contributed by atoms with Crippen molar-refractivity contribution in [1.82, 2.24) is 15.1 Å². The van der Waals surface area contributed by atoms with E-state index in [1.165, 1.54) is 0 Å². The topological polar surface area (TPSA) is 125 Å². The smallest absolute Gasteiger partial charge is 0.410 e. The van der Waals surface area contributed by atoms with Crippen molar-refractivity contribution in [1.29, 1.82) is 0 Å². The molecule has 3 heterocycles. The van der Waals surface area contributed by atoms with E-state index < -0.39 is 29.7 Å². The number of rotatable bonds is 4. The Kier molecular flexibility index (Phi) is 6.53. The monoisotopic (exact) mass is 473 g/mol. The zero-order chi connectivity index (χ0) is 24.6. The molecule has 10 nitrogen and oxygen atoms in total. The first-order chi connectivity index (χ1) is 16.0. The third-order valence-corrected chi connectivity index (χ3v) is 6.34. The number of carbonyl (C=O) groups excluding carboxylic acids is 4. The Labute approximate surface area is 198 Å². The highest BCUT2D eigenvalue weighted by Crippen LogP contribution is 2.40. The lowest BCUT2D eigenvalue weighted by Gasteiger charge is -2.33. The summed E-state index contributed by atoms with van der Waals surface area (Å²) in [5.74, 6) is -0.844. The van der Waals surface area contributed by atoms with Gasteiger partial charge >= 0.3 is 6.09 Å². The molecule has 2 N–H and O–H groups in total. The number of amides is 4. The first kappa shape index (κ1) is 24.0. The number of ether oxygens (including phenoxy) is 2. The Hall–Kier alpha value is -3.14. The minimum absolute atomic E-state index is 0.106. The molecule has 0 saturated carbocycles. The molecule has 0 aliphatic carbocycles. The summed E-state index contributed by atoms with van der Waals surface area (Å²) in [6.07, 6.45) is 0.110. The van der Waals surface area contributed by atoms with E-state index in [1.807, 2.05) is 20.8 Å². The Morgan fingerprint density at radius 1 is 1.15 bits per heavy atom. The third kappa shape index (κ3) is 4.86. The van der Waals surface area contributed by atoms with Crippen LogP contribution in [0.4, 0.5) is 4.79 Å². The van der Waals surface area contributed by atoms with Gasteiger partial charge in [-0.15, -0.1) is 0 Å². The van der Waals surface area contributed by atoms with E-state index in [4.69, 9.17) is 9.47 Å². The fraction of sp³-hybridized carbons (Fsp3) is 0.583. The maximum absolute atomic E-state index is 13.0. The van der Waals surface area contributed by atoms with E-state index in [1.54, 1.807) is 23.1 Å². The average molecular weight is 474 g/mol. The summed E-state index contributed by atoms with van der Waals surface area (Å²) < 4.78 is 11.5. The molecular weight excluding hydrogens is 442 g/mol. The van der Waals surface area contributed by atoms with Crippen LogP contribution in [0.5, 0.6) is 5.75 Å². The molecule has 3 aliphatic rings. The number of aliphatic hydroxyl groups is 1. The number of aliphatic hydroxyl groups excluding tert-OH is 1. The van der Waals surface area contributed by atoms with Crippen molar-refractivity contribution in [2.24, 2.45) is 5.92 Å². The van der Waals surface area contributed by atoms with Gasteiger partial charge in [0, 0.05) is 19.5 Å². The largest absolute Gasteiger partial charge is 0.493 e. The van der Waals surface area contributed by atoms with Crippen molar-refractivity contribution in [2.45, 2.75) is 64.3 Å². The SMILES string of the molecule is CC(C)(C)OC(=O)N1CCC(COc2cccc3c2C(O)N(C2CCC(=O)NC2=O)C3=O)CC1. The molecule has 1 aromatic rings. The Balaban J connectivity index is 1.38. The van der Waals surface area contributed by atoms with Crippen LogP contribution in [-0.4, -0.2) is 70.1 Å². The van der Waals surface area contributed by atoms with Crippen LogP contribution < -0.4 is 10.1 Å². The fourth-order valence-electron chi connectivity index (χ4n) is 4.59. The summed E-state index contributed by atoms with van der Waals surface area (Å²) in [6, 6.07) is 4.05. The summed E-state index contributed by atoms with van der Waals surface area (Å²) >= 11 is 0. The maximum Gasteiger partial charge on any atom is 0.410 e. The zero-order valence-electron chi connectivity index (χ0n) is 19.7. The van der Waals surface area contributed by atoms with Crippen molar-refractivity contribution >= 4 is 23.8 Å². The molecule has 0 aromatic heterocycles. The highest BCUT2D eigenvalue weighted by atomic mass is 16.6.